The average molecular weight is 379 g/mol. The van der Waals surface area contributed by atoms with Crippen LogP contribution in [0.5, 0.6) is 5.75 Å². The predicted molar refractivity (Wildman–Crippen MR) is 114 cm³/mol. The van der Waals surface area contributed by atoms with E-state index in [-0.39, 0.29) is 22.1 Å². The second kappa shape index (κ2) is 6.80. The molecule has 0 amide bonds. The summed E-state index contributed by atoms with van der Waals surface area (Å²) < 4.78 is 4.70. The number of carbonyl (C=O) groups excluding carboxylic acids is 1. The van der Waals surface area contributed by atoms with Crippen molar-refractivity contribution >= 4 is 11.5 Å². The first kappa shape index (κ1) is 20.2. The summed E-state index contributed by atoms with van der Waals surface area (Å²) in [5.41, 5.74) is 7.11. The molecule has 0 aromatic heterocycles. The molecule has 0 atom stereocenters. The van der Waals surface area contributed by atoms with E-state index in [1.54, 1.807) is 12.1 Å². The Kier molecular flexibility index (Phi) is 4.91. The van der Waals surface area contributed by atoms with E-state index in [1.807, 2.05) is 6.07 Å². The fourth-order valence-corrected chi connectivity index (χ4v) is 4.20. The summed E-state index contributed by atoms with van der Waals surface area (Å²) in [6.07, 6.45) is 2.33. The first-order valence-corrected chi connectivity index (χ1v) is 9.74. The van der Waals surface area contributed by atoms with E-state index >= 15 is 0 Å². The largest absolute Gasteiger partial charge is 0.507 e. The number of phenols is 1. The molecule has 2 aromatic carbocycles. The summed E-state index contributed by atoms with van der Waals surface area (Å²) in [6.45, 7) is 15.7. The molecule has 0 aliphatic heterocycles. The lowest BCUT2D eigenvalue weighted by atomic mass is 9.62. The lowest BCUT2D eigenvalue weighted by Crippen LogP contribution is -2.34. The standard InChI is InChI=1S/C25H30O3/c1-15-12-20-21(25(5,6)11-10-24(20,3)4)14-19(15)16(2)17-8-9-18(22(26)13-17)23(27)28-7/h8-9,12-14,26H,2,10-11H2,1,3-7H3. The minimum absolute atomic E-state index is 0.0948. The third kappa shape index (κ3) is 3.34. The number of phenolic OH excluding ortho intramolecular Hbond substituents is 1. The van der Waals surface area contributed by atoms with Crippen molar-refractivity contribution in [3.05, 3.63) is 70.3 Å². The first-order chi connectivity index (χ1) is 13.0. The second-order valence-corrected chi connectivity index (χ2v) is 9.18. The fourth-order valence-electron chi connectivity index (χ4n) is 4.20. The highest BCUT2D eigenvalue weighted by Crippen LogP contribution is 2.47. The molecule has 0 unspecified atom stereocenters. The van der Waals surface area contributed by atoms with Crippen LogP contribution in [0.4, 0.5) is 0 Å². The Morgan fingerprint density at radius 3 is 2.11 bits per heavy atom. The van der Waals surface area contributed by atoms with Crippen molar-refractivity contribution in [1.82, 2.24) is 0 Å². The van der Waals surface area contributed by atoms with Gasteiger partial charge >= 0.3 is 5.97 Å². The summed E-state index contributed by atoms with van der Waals surface area (Å²) in [7, 11) is 1.30. The number of aromatic hydroxyl groups is 1. The number of rotatable bonds is 3. The third-order valence-corrected chi connectivity index (χ3v) is 6.27. The molecule has 3 rings (SSSR count). The number of carbonyl (C=O) groups is 1. The molecule has 0 bridgehead atoms. The van der Waals surface area contributed by atoms with Crippen molar-refractivity contribution < 1.29 is 14.6 Å². The van der Waals surface area contributed by atoms with Crippen LogP contribution in [0.2, 0.25) is 0 Å². The molecule has 2 aromatic rings. The van der Waals surface area contributed by atoms with Gasteiger partial charge in [-0.15, -0.1) is 0 Å². The number of aryl methyl sites for hydroxylation is 1. The van der Waals surface area contributed by atoms with Gasteiger partial charge < -0.3 is 9.84 Å². The van der Waals surface area contributed by atoms with Gasteiger partial charge in [0.1, 0.15) is 11.3 Å². The zero-order valence-corrected chi connectivity index (χ0v) is 17.8. The van der Waals surface area contributed by atoms with Crippen LogP contribution in [-0.4, -0.2) is 18.2 Å². The molecule has 3 heteroatoms. The van der Waals surface area contributed by atoms with Crippen LogP contribution in [0.3, 0.4) is 0 Å². The van der Waals surface area contributed by atoms with Crippen LogP contribution >= 0.6 is 0 Å². The third-order valence-electron chi connectivity index (χ3n) is 6.27. The summed E-state index contributed by atoms with van der Waals surface area (Å²) >= 11 is 0. The van der Waals surface area contributed by atoms with Gasteiger partial charge in [0.15, 0.2) is 0 Å². The van der Waals surface area contributed by atoms with Gasteiger partial charge in [-0.05, 0) is 76.1 Å². The van der Waals surface area contributed by atoms with Gasteiger partial charge in [-0.25, -0.2) is 4.79 Å². The van der Waals surface area contributed by atoms with E-state index < -0.39 is 5.97 Å². The maximum Gasteiger partial charge on any atom is 0.341 e. The Hall–Kier alpha value is -2.55. The van der Waals surface area contributed by atoms with E-state index in [0.717, 1.165) is 23.1 Å². The van der Waals surface area contributed by atoms with Crippen molar-refractivity contribution in [2.45, 2.75) is 58.3 Å². The van der Waals surface area contributed by atoms with Crippen molar-refractivity contribution in [3.63, 3.8) is 0 Å². The lowest BCUT2D eigenvalue weighted by Gasteiger charge is -2.42. The van der Waals surface area contributed by atoms with E-state index in [1.165, 1.54) is 30.2 Å². The molecule has 1 aliphatic carbocycles. The molecule has 148 valence electrons. The van der Waals surface area contributed by atoms with Crippen LogP contribution < -0.4 is 0 Å². The van der Waals surface area contributed by atoms with Gasteiger partial charge in [0.05, 0.1) is 7.11 Å². The van der Waals surface area contributed by atoms with Gasteiger partial charge in [0, 0.05) is 0 Å². The van der Waals surface area contributed by atoms with Crippen LogP contribution in [0.15, 0.2) is 36.9 Å². The molecule has 0 fully saturated rings. The maximum absolute atomic E-state index is 11.7. The van der Waals surface area contributed by atoms with E-state index in [0.29, 0.717) is 0 Å². The number of fused-ring (bicyclic) bond motifs is 1. The molecular formula is C25H30O3. The average Bonchev–Trinajstić information content (AvgIpc) is 2.64. The highest BCUT2D eigenvalue weighted by atomic mass is 16.5. The Balaban J connectivity index is 2.09. The number of benzene rings is 2. The van der Waals surface area contributed by atoms with Gasteiger partial charge in [0.25, 0.3) is 0 Å². The molecule has 0 heterocycles. The highest BCUT2D eigenvalue weighted by Gasteiger charge is 2.37. The van der Waals surface area contributed by atoms with Crippen LogP contribution in [-0.2, 0) is 15.6 Å². The van der Waals surface area contributed by atoms with Crippen molar-refractivity contribution in [3.8, 4) is 5.75 Å². The number of methoxy groups -OCH3 is 1. The molecule has 1 aliphatic rings. The summed E-state index contributed by atoms with van der Waals surface area (Å²) in [6, 6.07) is 9.56. The molecule has 0 spiro atoms. The Morgan fingerprint density at radius 1 is 1.00 bits per heavy atom. The van der Waals surface area contributed by atoms with Crippen molar-refractivity contribution in [1.29, 1.82) is 0 Å². The summed E-state index contributed by atoms with van der Waals surface area (Å²) in [5, 5.41) is 10.3. The Bertz CT molecular complexity index is 964. The highest BCUT2D eigenvalue weighted by molar-refractivity contribution is 5.93. The number of esters is 1. The normalized spacial score (nSPS) is 16.9. The number of hydrogen-bond donors (Lipinski definition) is 1. The van der Waals surface area contributed by atoms with E-state index in [4.69, 9.17) is 4.74 Å². The van der Waals surface area contributed by atoms with Crippen LogP contribution in [0.25, 0.3) is 5.57 Å². The zero-order chi connectivity index (χ0) is 20.9. The molecule has 1 N–H and O–H groups in total. The second-order valence-electron chi connectivity index (χ2n) is 9.18. The Labute approximate surface area is 168 Å². The summed E-state index contributed by atoms with van der Waals surface area (Å²) in [5.74, 6) is -0.647. The van der Waals surface area contributed by atoms with Gasteiger partial charge in [-0.1, -0.05) is 52.5 Å². The Morgan fingerprint density at radius 2 is 1.57 bits per heavy atom. The topological polar surface area (TPSA) is 46.5 Å². The quantitative estimate of drug-likeness (QED) is 0.677. The van der Waals surface area contributed by atoms with E-state index in [9.17, 15) is 9.90 Å². The van der Waals surface area contributed by atoms with Crippen molar-refractivity contribution in [2.24, 2.45) is 0 Å². The molecular weight excluding hydrogens is 348 g/mol. The zero-order valence-electron chi connectivity index (χ0n) is 17.8. The molecule has 0 radical (unpaired) electrons. The minimum Gasteiger partial charge on any atom is -0.507 e. The van der Waals surface area contributed by atoms with Crippen LogP contribution in [0, 0.1) is 6.92 Å². The summed E-state index contributed by atoms with van der Waals surface area (Å²) in [4.78, 5) is 11.7. The number of hydrogen-bond acceptors (Lipinski definition) is 3. The van der Waals surface area contributed by atoms with Gasteiger partial charge in [-0.3, -0.25) is 0 Å². The smallest absolute Gasteiger partial charge is 0.341 e. The minimum atomic E-state index is -0.552. The monoisotopic (exact) mass is 378 g/mol. The van der Waals surface area contributed by atoms with E-state index in [2.05, 4.69) is 53.3 Å². The van der Waals surface area contributed by atoms with Gasteiger partial charge in [-0.2, -0.15) is 0 Å². The SMILES string of the molecule is C=C(c1ccc(C(=O)OC)c(O)c1)c1cc2c(cc1C)C(C)(C)CCC2(C)C. The molecule has 0 saturated carbocycles. The fraction of sp³-hybridized carbons (Fsp3) is 0.400. The first-order valence-electron chi connectivity index (χ1n) is 9.74. The molecule has 3 nitrogen and oxygen atoms in total. The van der Waals surface area contributed by atoms with Crippen LogP contribution in [0.1, 0.15) is 78.7 Å². The maximum atomic E-state index is 11.7. The molecule has 0 saturated heterocycles. The lowest BCUT2D eigenvalue weighted by molar-refractivity contribution is 0.0597. The predicted octanol–water partition coefficient (Wildman–Crippen LogP) is 5.90. The van der Waals surface area contributed by atoms with Gasteiger partial charge in [0.2, 0.25) is 0 Å². The molecule has 28 heavy (non-hydrogen) atoms. The number of ether oxygens (including phenoxy) is 1. The van der Waals surface area contributed by atoms with Crippen molar-refractivity contribution in [2.75, 3.05) is 7.11 Å².